The summed E-state index contributed by atoms with van der Waals surface area (Å²) in [4.78, 5) is 2.71. The van der Waals surface area contributed by atoms with Crippen molar-refractivity contribution in [2.24, 2.45) is 0 Å². The van der Waals surface area contributed by atoms with Gasteiger partial charge < -0.3 is 4.74 Å². The Hall–Kier alpha value is -1.93. The van der Waals surface area contributed by atoms with Crippen molar-refractivity contribution in [3.8, 4) is 5.75 Å². The molecular formula is C18H15OS+. The molecule has 4 rings (SSSR count). The topological polar surface area (TPSA) is 9.23 Å². The molecule has 0 bridgehead atoms. The SMILES string of the molecule is C1=CC2Oc3ccccc3[S+](c3ccccc3)C2C=C1. The minimum atomic E-state index is 0.0375. The second kappa shape index (κ2) is 4.88. The van der Waals surface area contributed by atoms with Crippen molar-refractivity contribution in [3.63, 3.8) is 0 Å². The fourth-order valence-electron chi connectivity index (χ4n) is 2.76. The Balaban J connectivity index is 1.89. The molecule has 3 unspecified atom stereocenters. The largest absolute Gasteiger partial charge is 0.475 e. The summed E-state index contributed by atoms with van der Waals surface area (Å²) in [5.41, 5.74) is 0. The first kappa shape index (κ1) is 11.9. The van der Waals surface area contributed by atoms with Crippen LogP contribution in [0.15, 0.2) is 88.7 Å². The van der Waals surface area contributed by atoms with Gasteiger partial charge in [0, 0.05) is 0 Å². The summed E-state index contributed by atoms with van der Waals surface area (Å²) >= 11 is 0. The monoisotopic (exact) mass is 279 g/mol. The quantitative estimate of drug-likeness (QED) is 0.718. The van der Waals surface area contributed by atoms with Gasteiger partial charge in [-0.3, -0.25) is 0 Å². The summed E-state index contributed by atoms with van der Waals surface area (Å²) in [6.07, 6.45) is 8.84. The van der Waals surface area contributed by atoms with Gasteiger partial charge in [-0.1, -0.05) is 42.5 Å². The van der Waals surface area contributed by atoms with Gasteiger partial charge in [-0.05, 0) is 36.4 Å². The number of hydrogen-bond acceptors (Lipinski definition) is 1. The zero-order valence-electron chi connectivity index (χ0n) is 11.0. The first-order valence-corrected chi connectivity index (χ1v) is 8.11. The second-order valence-corrected chi connectivity index (χ2v) is 7.05. The third kappa shape index (κ3) is 1.88. The fourth-order valence-corrected chi connectivity index (χ4v) is 5.29. The third-order valence-corrected chi connectivity index (χ3v) is 6.22. The molecule has 1 aliphatic carbocycles. The Morgan fingerprint density at radius 3 is 2.45 bits per heavy atom. The molecule has 2 aromatic carbocycles. The maximum absolute atomic E-state index is 6.16. The minimum Gasteiger partial charge on any atom is -0.475 e. The Kier molecular flexibility index (Phi) is 2.89. The predicted octanol–water partition coefficient (Wildman–Crippen LogP) is 3.98. The lowest BCUT2D eigenvalue weighted by Gasteiger charge is -2.30. The van der Waals surface area contributed by atoms with Gasteiger partial charge in [0.1, 0.15) is 0 Å². The van der Waals surface area contributed by atoms with Crippen molar-refractivity contribution in [2.75, 3.05) is 0 Å². The van der Waals surface area contributed by atoms with E-state index < -0.39 is 0 Å². The molecule has 0 saturated carbocycles. The molecule has 3 atom stereocenters. The first-order valence-electron chi connectivity index (χ1n) is 6.82. The van der Waals surface area contributed by atoms with Crippen molar-refractivity contribution in [3.05, 3.63) is 78.9 Å². The van der Waals surface area contributed by atoms with Crippen LogP contribution in [0.2, 0.25) is 0 Å². The third-order valence-electron chi connectivity index (χ3n) is 3.65. The second-order valence-electron chi connectivity index (χ2n) is 4.91. The van der Waals surface area contributed by atoms with Crippen molar-refractivity contribution in [2.45, 2.75) is 21.1 Å². The number of benzene rings is 2. The zero-order chi connectivity index (χ0) is 13.4. The summed E-state index contributed by atoms with van der Waals surface area (Å²) in [5.74, 6) is 1.03. The molecule has 2 aromatic rings. The molecule has 1 aliphatic heterocycles. The first-order chi connectivity index (χ1) is 9.93. The van der Waals surface area contributed by atoms with Crippen LogP contribution < -0.4 is 4.74 Å². The molecule has 0 amide bonds. The van der Waals surface area contributed by atoms with Gasteiger partial charge in [0.15, 0.2) is 22.0 Å². The van der Waals surface area contributed by atoms with Crippen LogP contribution >= 0.6 is 0 Å². The summed E-state index contributed by atoms with van der Waals surface area (Å²) in [6.45, 7) is 0. The number of fused-ring (bicyclic) bond motifs is 2. The van der Waals surface area contributed by atoms with E-state index in [9.17, 15) is 0 Å². The molecule has 0 N–H and O–H groups in total. The molecule has 2 aliphatic rings. The Morgan fingerprint density at radius 2 is 1.55 bits per heavy atom. The van der Waals surface area contributed by atoms with Gasteiger partial charge >= 0.3 is 0 Å². The van der Waals surface area contributed by atoms with E-state index in [-0.39, 0.29) is 17.0 Å². The molecule has 0 saturated heterocycles. The molecule has 0 radical (unpaired) electrons. The smallest absolute Gasteiger partial charge is 0.203 e. The Bertz CT molecular complexity index is 675. The lowest BCUT2D eigenvalue weighted by Crippen LogP contribution is -2.40. The van der Waals surface area contributed by atoms with E-state index in [1.54, 1.807) is 0 Å². The molecule has 0 fully saturated rings. The summed E-state index contributed by atoms with van der Waals surface area (Å²) < 4.78 is 6.16. The predicted molar refractivity (Wildman–Crippen MR) is 83.3 cm³/mol. The minimum absolute atomic E-state index is 0.0375. The number of ether oxygens (including phenoxy) is 1. The summed E-state index contributed by atoms with van der Waals surface area (Å²) in [7, 11) is 0.0375. The number of allylic oxidation sites excluding steroid dienone is 2. The molecule has 0 spiro atoms. The van der Waals surface area contributed by atoms with Crippen LogP contribution in [0, 0.1) is 0 Å². The number of hydrogen-bond donors (Lipinski definition) is 0. The average molecular weight is 279 g/mol. The van der Waals surface area contributed by atoms with Crippen LogP contribution in [0.4, 0.5) is 0 Å². The highest BCUT2D eigenvalue weighted by atomic mass is 32.2. The van der Waals surface area contributed by atoms with Crippen molar-refractivity contribution < 1.29 is 4.74 Å². The molecule has 20 heavy (non-hydrogen) atoms. The van der Waals surface area contributed by atoms with Crippen LogP contribution in [-0.2, 0) is 10.9 Å². The standard InChI is InChI=1S/C18H15OS/c1-2-8-14(9-3-1)20-17-12-6-4-10-15(17)19-16-11-5-7-13-18(16)20/h1-13,15,17H/q+1. The van der Waals surface area contributed by atoms with E-state index in [1.165, 1.54) is 9.79 Å². The van der Waals surface area contributed by atoms with Crippen LogP contribution in [0.3, 0.4) is 0 Å². The van der Waals surface area contributed by atoms with E-state index in [0.29, 0.717) is 5.25 Å². The normalized spacial score (nSPS) is 26.5. The van der Waals surface area contributed by atoms with Crippen molar-refractivity contribution >= 4 is 10.9 Å². The van der Waals surface area contributed by atoms with Gasteiger partial charge in [-0.25, -0.2) is 0 Å². The van der Waals surface area contributed by atoms with Gasteiger partial charge in [0.25, 0.3) is 0 Å². The lowest BCUT2D eigenvalue weighted by atomic mass is 10.1. The molecule has 1 heterocycles. The average Bonchev–Trinajstić information content (AvgIpc) is 2.53. The van der Waals surface area contributed by atoms with E-state index in [0.717, 1.165) is 5.75 Å². The van der Waals surface area contributed by atoms with Gasteiger partial charge in [0.05, 0.1) is 10.9 Å². The van der Waals surface area contributed by atoms with Crippen LogP contribution in [0.25, 0.3) is 0 Å². The van der Waals surface area contributed by atoms with Gasteiger partial charge in [-0.2, -0.15) is 0 Å². The van der Waals surface area contributed by atoms with Crippen LogP contribution in [-0.4, -0.2) is 11.4 Å². The van der Waals surface area contributed by atoms with E-state index in [1.807, 2.05) is 6.07 Å². The van der Waals surface area contributed by atoms with Crippen LogP contribution in [0.1, 0.15) is 0 Å². The van der Waals surface area contributed by atoms with Crippen molar-refractivity contribution in [1.29, 1.82) is 0 Å². The highest BCUT2D eigenvalue weighted by molar-refractivity contribution is 7.98. The molecule has 98 valence electrons. The van der Waals surface area contributed by atoms with E-state index in [2.05, 4.69) is 72.8 Å². The highest BCUT2D eigenvalue weighted by Gasteiger charge is 2.46. The number of para-hydroxylation sites is 1. The molecule has 1 nitrogen and oxygen atoms in total. The fraction of sp³-hybridized carbons (Fsp3) is 0.111. The molecular weight excluding hydrogens is 264 g/mol. The number of rotatable bonds is 1. The zero-order valence-corrected chi connectivity index (χ0v) is 11.8. The summed E-state index contributed by atoms with van der Waals surface area (Å²) in [6, 6.07) is 19.2. The maximum Gasteiger partial charge on any atom is 0.203 e. The Morgan fingerprint density at radius 1 is 0.800 bits per heavy atom. The summed E-state index contributed by atoms with van der Waals surface area (Å²) in [5, 5.41) is 0.400. The van der Waals surface area contributed by atoms with E-state index >= 15 is 0 Å². The highest BCUT2D eigenvalue weighted by Crippen LogP contribution is 2.41. The Labute approximate surface area is 121 Å². The maximum atomic E-state index is 6.16. The molecule has 2 heteroatoms. The van der Waals surface area contributed by atoms with Crippen molar-refractivity contribution in [1.82, 2.24) is 0 Å². The van der Waals surface area contributed by atoms with Crippen LogP contribution in [0.5, 0.6) is 5.75 Å². The molecule has 0 aromatic heterocycles. The van der Waals surface area contributed by atoms with Gasteiger partial charge in [0.2, 0.25) is 4.90 Å². The van der Waals surface area contributed by atoms with Gasteiger partial charge in [-0.15, -0.1) is 0 Å². The van der Waals surface area contributed by atoms with E-state index in [4.69, 9.17) is 4.74 Å². The lowest BCUT2D eigenvalue weighted by molar-refractivity contribution is 0.242.